The number of nitrogens with two attached hydrogens (primary N) is 2. The van der Waals surface area contributed by atoms with Gasteiger partial charge in [-0.3, -0.25) is 4.79 Å². The van der Waals surface area contributed by atoms with Crippen LogP contribution in [0.15, 0.2) is 23.2 Å². The van der Waals surface area contributed by atoms with E-state index in [-0.39, 0.29) is 36.9 Å². The Morgan fingerprint density at radius 1 is 1.30 bits per heavy atom. The van der Waals surface area contributed by atoms with Crippen molar-refractivity contribution in [1.82, 2.24) is 10.3 Å². The maximum absolute atomic E-state index is 12.3. The van der Waals surface area contributed by atoms with Crippen LogP contribution in [0.25, 0.3) is 10.9 Å². The zero-order valence-electron chi connectivity index (χ0n) is 15.6. The number of aromatic nitrogens is 1. The summed E-state index contributed by atoms with van der Waals surface area (Å²) < 4.78 is 11.6. The van der Waals surface area contributed by atoms with Gasteiger partial charge in [0.1, 0.15) is 17.2 Å². The zero-order valence-corrected chi connectivity index (χ0v) is 17.2. The Balaban J connectivity index is 0.00000338. The van der Waals surface area contributed by atoms with E-state index in [0.29, 0.717) is 35.9 Å². The first-order valence-corrected chi connectivity index (χ1v) is 8.17. The normalized spacial score (nSPS) is 10.9. The fraction of sp³-hybridized carbons (Fsp3) is 0.412. The molecule has 152 valence electrons. The Morgan fingerprint density at radius 2 is 1.96 bits per heavy atom. The molecule has 1 aromatic carbocycles. The average molecular weight is 420 g/mol. The molecule has 0 aliphatic carbocycles. The van der Waals surface area contributed by atoms with E-state index < -0.39 is 5.91 Å². The minimum Gasteiger partial charge on any atom is -0.491 e. The van der Waals surface area contributed by atoms with E-state index in [1.54, 1.807) is 13.1 Å². The first kappa shape index (κ1) is 24.8. The van der Waals surface area contributed by atoms with Crippen molar-refractivity contribution in [3.63, 3.8) is 0 Å². The van der Waals surface area contributed by atoms with Crippen molar-refractivity contribution < 1.29 is 14.3 Å². The molecule has 0 radical (unpaired) electrons. The van der Waals surface area contributed by atoms with Gasteiger partial charge in [0.25, 0.3) is 5.91 Å². The lowest BCUT2D eigenvalue weighted by Gasteiger charge is -2.13. The molecule has 0 unspecified atom stereocenters. The number of guanidine groups is 1. The fourth-order valence-electron chi connectivity index (χ4n) is 2.25. The topological polar surface area (TPSA) is 128 Å². The molecular weight excluding hydrogens is 393 g/mol. The standard InChI is InChI=1S/C17H25N5O3.2ClH/c1-10(2)25-13-5-6-14(24-8-4-7-18)15-11(13)9-12(21-15)16(23)22-17(19)20-3;;/h5-6,9-10,21H,4,7-8,18H2,1-3H3,(H3,19,20,22,23);2*1H. The van der Waals surface area contributed by atoms with E-state index in [1.807, 2.05) is 26.0 Å². The lowest BCUT2D eigenvalue weighted by Crippen LogP contribution is -2.28. The number of aliphatic imine (C=N–C) groups is 1. The molecule has 2 aromatic rings. The Kier molecular flexibility index (Phi) is 10.6. The molecule has 1 amide bonds. The van der Waals surface area contributed by atoms with Gasteiger partial charge in [-0.05, 0) is 45.0 Å². The van der Waals surface area contributed by atoms with Crippen molar-refractivity contribution >= 4 is 47.6 Å². The average Bonchev–Trinajstić information content (AvgIpc) is 3.02. The molecule has 1 aromatic heterocycles. The third-order valence-corrected chi connectivity index (χ3v) is 3.39. The molecule has 0 aliphatic rings. The van der Waals surface area contributed by atoms with Crippen molar-refractivity contribution in [2.45, 2.75) is 26.4 Å². The molecule has 8 nitrogen and oxygen atoms in total. The van der Waals surface area contributed by atoms with Crippen LogP contribution in [-0.2, 0) is 0 Å². The summed E-state index contributed by atoms with van der Waals surface area (Å²) in [6.45, 7) is 4.91. The highest BCUT2D eigenvalue weighted by molar-refractivity contribution is 6.05. The van der Waals surface area contributed by atoms with Crippen LogP contribution in [0.5, 0.6) is 11.5 Å². The number of aromatic amines is 1. The summed E-state index contributed by atoms with van der Waals surface area (Å²) in [5, 5.41) is 3.36. The van der Waals surface area contributed by atoms with Crippen LogP contribution in [0.3, 0.4) is 0 Å². The van der Waals surface area contributed by atoms with Crippen LogP contribution in [0, 0.1) is 0 Å². The number of fused-ring (bicyclic) bond motifs is 1. The molecule has 10 heteroatoms. The van der Waals surface area contributed by atoms with Crippen molar-refractivity contribution in [3.05, 3.63) is 23.9 Å². The monoisotopic (exact) mass is 419 g/mol. The number of hydrogen-bond acceptors (Lipinski definition) is 4. The number of carbonyl (C=O) groups excluding carboxylic acids is 1. The van der Waals surface area contributed by atoms with E-state index in [2.05, 4.69) is 15.3 Å². The van der Waals surface area contributed by atoms with Crippen LogP contribution in [0.2, 0.25) is 0 Å². The molecule has 27 heavy (non-hydrogen) atoms. The van der Waals surface area contributed by atoms with Crippen molar-refractivity contribution in [2.24, 2.45) is 16.5 Å². The second-order valence-corrected chi connectivity index (χ2v) is 5.74. The third kappa shape index (κ3) is 6.50. The first-order chi connectivity index (χ1) is 12.0. The van der Waals surface area contributed by atoms with Crippen molar-refractivity contribution in [1.29, 1.82) is 0 Å². The molecule has 0 saturated carbocycles. The first-order valence-electron chi connectivity index (χ1n) is 8.17. The van der Waals surface area contributed by atoms with Gasteiger partial charge in [-0.2, -0.15) is 4.99 Å². The molecule has 0 spiro atoms. The number of nitrogens with one attached hydrogen (secondary N) is 2. The molecule has 6 N–H and O–H groups in total. The molecule has 2 rings (SSSR count). The number of hydrogen-bond donors (Lipinski definition) is 4. The van der Waals surface area contributed by atoms with E-state index >= 15 is 0 Å². The molecule has 0 atom stereocenters. The van der Waals surface area contributed by atoms with Gasteiger partial charge < -0.3 is 31.2 Å². The summed E-state index contributed by atoms with van der Waals surface area (Å²) in [6.07, 6.45) is 0.737. The largest absolute Gasteiger partial charge is 0.491 e. The summed E-state index contributed by atoms with van der Waals surface area (Å²) in [5.41, 5.74) is 12.0. The number of benzene rings is 1. The maximum atomic E-state index is 12.3. The van der Waals surface area contributed by atoms with Gasteiger partial charge in [-0.15, -0.1) is 24.8 Å². The number of amides is 1. The lowest BCUT2D eigenvalue weighted by atomic mass is 10.2. The lowest BCUT2D eigenvalue weighted by molar-refractivity contribution is 0.0998. The van der Waals surface area contributed by atoms with Crippen LogP contribution >= 0.6 is 24.8 Å². The zero-order chi connectivity index (χ0) is 18.4. The number of nitrogens with zero attached hydrogens (tertiary/aromatic N) is 1. The van der Waals surface area contributed by atoms with Gasteiger partial charge in [0, 0.05) is 12.4 Å². The summed E-state index contributed by atoms with van der Waals surface area (Å²) >= 11 is 0. The third-order valence-electron chi connectivity index (χ3n) is 3.39. The minimum absolute atomic E-state index is 0. The van der Waals surface area contributed by atoms with Crippen LogP contribution < -0.4 is 26.3 Å². The van der Waals surface area contributed by atoms with Gasteiger partial charge in [0.15, 0.2) is 5.96 Å². The number of rotatable bonds is 7. The Morgan fingerprint density at radius 3 is 2.56 bits per heavy atom. The van der Waals surface area contributed by atoms with Gasteiger partial charge in [0.05, 0.1) is 18.2 Å². The van der Waals surface area contributed by atoms with Crippen molar-refractivity contribution in [2.75, 3.05) is 20.2 Å². The van der Waals surface area contributed by atoms with Crippen LogP contribution in [0.4, 0.5) is 0 Å². The quantitative estimate of drug-likeness (QED) is 0.309. The predicted octanol–water partition coefficient (Wildman–Crippen LogP) is 2.20. The molecule has 0 saturated heterocycles. The van der Waals surface area contributed by atoms with Crippen LogP contribution in [-0.4, -0.2) is 43.2 Å². The summed E-state index contributed by atoms with van der Waals surface area (Å²) in [6, 6.07) is 5.33. The highest BCUT2D eigenvalue weighted by Gasteiger charge is 2.16. The van der Waals surface area contributed by atoms with E-state index in [1.165, 1.54) is 0 Å². The fourth-order valence-corrected chi connectivity index (χ4v) is 2.25. The van der Waals surface area contributed by atoms with Gasteiger partial charge in [-0.1, -0.05) is 0 Å². The molecule has 0 fully saturated rings. The smallest absolute Gasteiger partial charge is 0.296 e. The summed E-state index contributed by atoms with van der Waals surface area (Å²) in [4.78, 5) is 19.1. The number of carbonyl (C=O) groups is 1. The molecule has 0 bridgehead atoms. The molecule has 1 heterocycles. The highest BCUT2D eigenvalue weighted by Crippen LogP contribution is 2.34. The summed E-state index contributed by atoms with van der Waals surface area (Å²) in [5.74, 6) is 0.856. The number of H-pyrrole nitrogens is 1. The molecular formula is C17H27Cl2N5O3. The second-order valence-electron chi connectivity index (χ2n) is 5.74. The van der Waals surface area contributed by atoms with E-state index in [9.17, 15) is 4.79 Å². The van der Waals surface area contributed by atoms with E-state index in [4.69, 9.17) is 20.9 Å². The summed E-state index contributed by atoms with van der Waals surface area (Å²) in [7, 11) is 1.59. The van der Waals surface area contributed by atoms with E-state index in [0.717, 1.165) is 11.8 Å². The highest BCUT2D eigenvalue weighted by atomic mass is 35.5. The van der Waals surface area contributed by atoms with Gasteiger partial charge in [-0.25, -0.2) is 0 Å². The Bertz CT molecular complexity index is 777. The number of halogens is 2. The predicted molar refractivity (Wildman–Crippen MR) is 113 cm³/mol. The SMILES string of the molecule is CNC(N)=NC(=O)c1cc2c(OC(C)C)ccc(OCCCN)c2[nH]1.Cl.Cl. The Labute approximate surface area is 170 Å². The second kappa shape index (κ2) is 11.5. The van der Waals surface area contributed by atoms with Gasteiger partial charge in [0.2, 0.25) is 0 Å². The molecule has 0 aliphatic heterocycles. The minimum atomic E-state index is -0.480. The maximum Gasteiger partial charge on any atom is 0.296 e. The van der Waals surface area contributed by atoms with Crippen LogP contribution in [0.1, 0.15) is 30.8 Å². The number of ether oxygens (including phenoxy) is 2. The Hall–Kier alpha value is -2.16. The van der Waals surface area contributed by atoms with Gasteiger partial charge >= 0.3 is 0 Å². The van der Waals surface area contributed by atoms with Crippen molar-refractivity contribution in [3.8, 4) is 11.5 Å².